The zero-order valence-electron chi connectivity index (χ0n) is 15.5. The molecule has 0 aliphatic rings. The minimum absolute atomic E-state index is 0.0261. The van der Waals surface area contributed by atoms with Crippen molar-refractivity contribution in [2.75, 3.05) is 17.3 Å². The summed E-state index contributed by atoms with van der Waals surface area (Å²) in [6.07, 6.45) is 4.69. The lowest BCUT2D eigenvalue weighted by molar-refractivity contribution is -0.384. The molecule has 0 aliphatic heterocycles. The number of aromatic nitrogens is 2. The van der Waals surface area contributed by atoms with E-state index in [2.05, 4.69) is 15.3 Å². The van der Waals surface area contributed by atoms with Gasteiger partial charge in [0.05, 0.1) is 4.92 Å². The van der Waals surface area contributed by atoms with Gasteiger partial charge in [0.1, 0.15) is 0 Å². The topological polar surface area (TPSA) is 101 Å². The molecule has 28 heavy (non-hydrogen) atoms. The highest BCUT2D eigenvalue weighted by Crippen LogP contribution is 2.26. The summed E-state index contributed by atoms with van der Waals surface area (Å²) in [7, 11) is 1.70. The van der Waals surface area contributed by atoms with Crippen LogP contribution in [0, 0.1) is 17.0 Å². The lowest BCUT2D eigenvalue weighted by Crippen LogP contribution is -2.26. The van der Waals surface area contributed by atoms with Crippen LogP contribution in [0.25, 0.3) is 0 Å². The molecule has 8 nitrogen and oxygen atoms in total. The number of hydrogen-bond acceptors (Lipinski definition) is 6. The van der Waals surface area contributed by atoms with Gasteiger partial charge in [0.15, 0.2) is 0 Å². The Kier molecular flexibility index (Phi) is 5.59. The SMILES string of the molecule is Cc1ccnc(NCc2ccc(N(C)C(=O)c3ccncc3)cc2)c1[N+](=O)[O-]. The van der Waals surface area contributed by atoms with Gasteiger partial charge in [-0.3, -0.25) is 19.9 Å². The van der Waals surface area contributed by atoms with E-state index in [1.54, 1.807) is 49.5 Å². The minimum atomic E-state index is -0.437. The molecule has 0 spiro atoms. The first-order valence-electron chi connectivity index (χ1n) is 8.58. The van der Waals surface area contributed by atoms with Crippen molar-refractivity contribution in [1.82, 2.24) is 9.97 Å². The lowest BCUT2D eigenvalue weighted by Gasteiger charge is -2.18. The van der Waals surface area contributed by atoms with Crippen molar-refractivity contribution in [2.45, 2.75) is 13.5 Å². The molecule has 1 aromatic carbocycles. The van der Waals surface area contributed by atoms with Crippen LogP contribution in [0.4, 0.5) is 17.2 Å². The molecule has 0 bridgehead atoms. The quantitative estimate of drug-likeness (QED) is 0.520. The fraction of sp³-hybridized carbons (Fsp3) is 0.150. The van der Waals surface area contributed by atoms with E-state index in [-0.39, 0.29) is 17.4 Å². The number of anilines is 2. The van der Waals surface area contributed by atoms with E-state index < -0.39 is 4.92 Å². The fourth-order valence-corrected chi connectivity index (χ4v) is 2.74. The molecule has 2 heterocycles. The highest BCUT2D eigenvalue weighted by Gasteiger charge is 2.18. The molecular weight excluding hydrogens is 358 g/mol. The van der Waals surface area contributed by atoms with Crippen molar-refractivity contribution in [3.63, 3.8) is 0 Å². The van der Waals surface area contributed by atoms with Gasteiger partial charge in [-0.05, 0) is 42.8 Å². The van der Waals surface area contributed by atoms with Crippen molar-refractivity contribution in [2.24, 2.45) is 0 Å². The van der Waals surface area contributed by atoms with Gasteiger partial charge < -0.3 is 10.2 Å². The number of carbonyl (C=O) groups is 1. The van der Waals surface area contributed by atoms with E-state index in [1.165, 1.54) is 6.20 Å². The molecule has 1 N–H and O–H groups in total. The number of nitrogens with one attached hydrogen (secondary N) is 1. The second-order valence-corrected chi connectivity index (χ2v) is 6.20. The van der Waals surface area contributed by atoms with E-state index >= 15 is 0 Å². The fourth-order valence-electron chi connectivity index (χ4n) is 2.74. The predicted octanol–water partition coefficient (Wildman–Crippen LogP) is 3.58. The number of pyridine rings is 2. The molecule has 0 fully saturated rings. The van der Waals surface area contributed by atoms with E-state index in [0.717, 1.165) is 11.3 Å². The zero-order valence-corrected chi connectivity index (χ0v) is 15.5. The third-order valence-corrected chi connectivity index (χ3v) is 4.32. The molecule has 142 valence electrons. The Morgan fingerprint density at radius 2 is 1.79 bits per heavy atom. The van der Waals surface area contributed by atoms with Gasteiger partial charge >= 0.3 is 5.69 Å². The Morgan fingerprint density at radius 1 is 1.11 bits per heavy atom. The molecule has 0 saturated heterocycles. The van der Waals surface area contributed by atoms with E-state index in [0.29, 0.717) is 17.7 Å². The Hall–Kier alpha value is -3.81. The molecule has 2 aromatic heterocycles. The standard InChI is InChI=1S/C20H19N5O3/c1-14-7-12-22-19(18(14)25(27)28)23-13-15-3-5-17(6-4-15)24(2)20(26)16-8-10-21-11-9-16/h3-12H,13H2,1-2H3,(H,22,23). The summed E-state index contributed by atoms with van der Waals surface area (Å²) in [5, 5.41) is 14.2. The average Bonchev–Trinajstić information content (AvgIpc) is 2.72. The monoisotopic (exact) mass is 377 g/mol. The van der Waals surface area contributed by atoms with E-state index in [9.17, 15) is 14.9 Å². The maximum atomic E-state index is 12.5. The Bertz CT molecular complexity index is 990. The smallest absolute Gasteiger partial charge is 0.314 e. The van der Waals surface area contributed by atoms with Crippen LogP contribution in [0.1, 0.15) is 21.5 Å². The Balaban J connectivity index is 1.69. The van der Waals surface area contributed by atoms with Crippen molar-refractivity contribution < 1.29 is 9.72 Å². The normalized spacial score (nSPS) is 10.4. The summed E-state index contributed by atoms with van der Waals surface area (Å²) in [6, 6.07) is 12.3. The van der Waals surface area contributed by atoms with Gasteiger partial charge in [-0.1, -0.05) is 12.1 Å². The van der Waals surface area contributed by atoms with Crippen LogP contribution in [-0.4, -0.2) is 27.8 Å². The van der Waals surface area contributed by atoms with Crippen molar-refractivity contribution in [1.29, 1.82) is 0 Å². The first-order chi connectivity index (χ1) is 13.5. The first-order valence-corrected chi connectivity index (χ1v) is 8.58. The molecule has 3 aromatic rings. The third-order valence-electron chi connectivity index (χ3n) is 4.32. The molecular formula is C20H19N5O3. The van der Waals surface area contributed by atoms with Crippen LogP contribution in [0.5, 0.6) is 0 Å². The van der Waals surface area contributed by atoms with Crippen LogP contribution in [0.3, 0.4) is 0 Å². The van der Waals surface area contributed by atoms with Gasteiger partial charge in [0.25, 0.3) is 5.91 Å². The number of amides is 1. The summed E-state index contributed by atoms with van der Waals surface area (Å²) in [5.41, 5.74) is 2.73. The average molecular weight is 377 g/mol. The maximum absolute atomic E-state index is 12.5. The van der Waals surface area contributed by atoms with Crippen molar-refractivity contribution >= 4 is 23.1 Å². The number of rotatable bonds is 6. The summed E-state index contributed by atoms with van der Waals surface area (Å²) < 4.78 is 0. The van der Waals surface area contributed by atoms with Gasteiger partial charge in [-0.25, -0.2) is 4.98 Å². The molecule has 0 radical (unpaired) electrons. The number of hydrogen-bond donors (Lipinski definition) is 1. The molecule has 0 unspecified atom stereocenters. The number of nitrogens with zero attached hydrogens (tertiary/aromatic N) is 4. The lowest BCUT2D eigenvalue weighted by atomic mass is 10.1. The second-order valence-electron chi connectivity index (χ2n) is 6.20. The van der Waals surface area contributed by atoms with Crippen LogP contribution >= 0.6 is 0 Å². The highest BCUT2D eigenvalue weighted by atomic mass is 16.6. The van der Waals surface area contributed by atoms with Gasteiger partial charge in [-0.15, -0.1) is 0 Å². The summed E-state index contributed by atoms with van der Waals surface area (Å²) in [4.78, 5) is 32.8. The number of carbonyl (C=O) groups excluding carboxylic acids is 1. The zero-order chi connectivity index (χ0) is 20.1. The van der Waals surface area contributed by atoms with Crippen LogP contribution in [0.15, 0.2) is 61.1 Å². The van der Waals surface area contributed by atoms with Crippen molar-refractivity contribution in [3.05, 3.63) is 87.9 Å². The molecule has 3 rings (SSSR count). The Morgan fingerprint density at radius 3 is 2.43 bits per heavy atom. The Labute approximate surface area is 162 Å². The third kappa shape index (κ3) is 4.12. The summed E-state index contributed by atoms with van der Waals surface area (Å²) >= 11 is 0. The second kappa shape index (κ2) is 8.26. The van der Waals surface area contributed by atoms with E-state index in [4.69, 9.17) is 0 Å². The minimum Gasteiger partial charge on any atom is -0.360 e. The van der Waals surface area contributed by atoms with E-state index in [1.807, 2.05) is 24.3 Å². The van der Waals surface area contributed by atoms with Gasteiger partial charge in [-0.2, -0.15) is 0 Å². The van der Waals surface area contributed by atoms with Crippen LogP contribution < -0.4 is 10.2 Å². The summed E-state index contributed by atoms with van der Waals surface area (Å²) in [5.74, 6) is 0.104. The summed E-state index contributed by atoms with van der Waals surface area (Å²) in [6.45, 7) is 2.05. The first kappa shape index (κ1) is 19.0. The van der Waals surface area contributed by atoms with Crippen LogP contribution in [-0.2, 0) is 6.54 Å². The maximum Gasteiger partial charge on any atom is 0.314 e. The molecule has 0 atom stereocenters. The number of benzene rings is 1. The van der Waals surface area contributed by atoms with Gasteiger partial charge in [0, 0.05) is 49.0 Å². The predicted molar refractivity (Wildman–Crippen MR) is 106 cm³/mol. The molecule has 1 amide bonds. The van der Waals surface area contributed by atoms with Crippen LogP contribution in [0.2, 0.25) is 0 Å². The largest absolute Gasteiger partial charge is 0.360 e. The molecule has 8 heteroatoms. The van der Waals surface area contributed by atoms with Gasteiger partial charge in [0.2, 0.25) is 5.82 Å². The van der Waals surface area contributed by atoms with Crippen molar-refractivity contribution in [3.8, 4) is 0 Å². The highest BCUT2D eigenvalue weighted by molar-refractivity contribution is 6.05. The number of nitro groups is 1. The molecule has 0 saturated carbocycles. The molecule has 0 aliphatic carbocycles. The number of aryl methyl sites for hydroxylation is 1.